The van der Waals surface area contributed by atoms with Crippen LogP contribution in [0, 0.1) is 0 Å². The molecule has 78 valence electrons. The van der Waals surface area contributed by atoms with Gasteiger partial charge in [0, 0.05) is 17.9 Å². The Morgan fingerprint density at radius 3 is 3.20 bits per heavy atom. The van der Waals surface area contributed by atoms with E-state index in [1.807, 2.05) is 36.3 Å². The van der Waals surface area contributed by atoms with E-state index in [1.54, 1.807) is 0 Å². The van der Waals surface area contributed by atoms with Gasteiger partial charge in [-0.05, 0) is 24.3 Å². The summed E-state index contributed by atoms with van der Waals surface area (Å²) < 4.78 is 2.12. The predicted octanol–water partition coefficient (Wildman–Crippen LogP) is 3.21. The molecule has 1 aliphatic rings. The Morgan fingerprint density at radius 2 is 2.40 bits per heavy atom. The van der Waals surface area contributed by atoms with E-state index in [-0.39, 0.29) is 0 Å². The van der Waals surface area contributed by atoms with Crippen LogP contribution >= 0.6 is 23.4 Å². The molecule has 1 aliphatic heterocycles. The highest BCUT2D eigenvalue weighted by atomic mass is 35.5. The lowest BCUT2D eigenvalue weighted by Gasteiger charge is -2.07. The third-order valence-electron chi connectivity index (χ3n) is 2.81. The molecule has 2 aromatic heterocycles. The minimum atomic E-state index is 0.593. The van der Waals surface area contributed by atoms with Crippen molar-refractivity contribution in [2.24, 2.45) is 0 Å². The van der Waals surface area contributed by atoms with Gasteiger partial charge >= 0.3 is 0 Å². The standard InChI is InChI=1S/C11H11ClN2S/c12-9-1-2-10-5-13-11(14(10)6-9)8-3-4-15-7-8/h1-2,5-6,8H,3-4,7H2. The first kappa shape index (κ1) is 9.55. The molecule has 1 saturated heterocycles. The molecule has 2 nitrogen and oxygen atoms in total. The first-order valence-corrected chi connectivity index (χ1v) is 6.58. The van der Waals surface area contributed by atoms with E-state index in [1.165, 1.54) is 17.9 Å². The molecule has 0 amide bonds. The zero-order chi connectivity index (χ0) is 10.3. The maximum absolute atomic E-state index is 6.00. The highest BCUT2D eigenvalue weighted by Crippen LogP contribution is 2.32. The molecule has 1 unspecified atom stereocenters. The number of nitrogens with zero attached hydrogens (tertiary/aromatic N) is 2. The Bertz CT molecular complexity index is 488. The Labute approximate surface area is 97.6 Å². The van der Waals surface area contributed by atoms with Gasteiger partial charge < -0.3 is 4.40 Å². The second-order valence-corrected chi connectivity index (χ2v) is 5.41. The lowest BCUT2D eigenvalue weighted by atomic mass is 10.1. The van der Waals surface area contributed by atoms with Crippen molar-refractivity contribution in [2.75, 3.05) is 11.5 Å². The fourth-order valence-corrected chi connectivity index (χ4v) is 3.40. The summed E-state index contributed by atoms with van der Waals surface area (Å²) in [5, 5.41) is 0.771. The van der Waals surface area contributed by atoms with Gasteiger partial charge in [0.1, 0.15) is 5.82 Å². The molecular weight excluding hydrogens is 228 g/mol. The van der Waals surface area contributed by atoms with E-state index in [0.29, 0.717) is 5.92 Å². The molecule has 0 spiro atoms. The van der Waals surface area contributed by atoms with E-state index < -0.39 is 0 Å². The number of aromatic nitrogens is 2. The fourth-order valence-electron chi connectivity index (χ4n) is 2.02. The zero-order valence-electron chi connectivity index (χ0n) is 8.19. The average molecular weight is 239 g/mol. The third kappa shape index (κ3) is 1.64. The van der Waals surface area contributed by atoms with Crippen molar-refractivity contribution < 1.29 is 0 Å². The van der Waals surface area contributed by atoms with Crippen molar-refractivity contribution in [1.29, 1.82) is 0 Å². The van der Waals surface area contributed by atoms with Gasteiger partial charge in [0.05, 0.1) is 16.7 Å². The number of thioether (sulfide) groups is 1. The maximum atomic E-state index is 6.00. The summed E-state index contributed by atoms with van der Waals surface area (Å²) in [6, 6.07) is 3.92. The molecule has 0 aliphatic carbocycles. The van der Waals surface area contributed by atoms with Gasteiger partial charge in [-0.15, -0.1) is 0 Å². The first-order chi connectivity index (χ1) is 7.34. The number of rotatable bonds is 1. The van der Waals surface area contributed by atoms with Gasteiger partial charge in [-0.25, -0.2) is 4.98 Å². The van der Waals surface area contributed by atoms with Crippen LogP contribution in [0.25, 0.3) is 5.52 Å². The molecule has 4 heteroatoms. The lowest BCUT2D eigenvalue weighted by molar-refractivity contribution is 0.713. The quantitative estimate of drug-likeness (QED) is 0.759. The van der Waals surface area contributed by atoms with Crippen molar-refractivity contribution >= 4 is 28.9 Å². The number of fused-ring (bicyclic) bond motifs is 1. The number of pyridine rings is 1. The molecule has 0 radical (unpaired) electrons. The monoisotopic (exact) mass is 238 g/mol. The lowest BCUT2D eigenvalue weighted by Crippen LogP contribution is -2.02. The first-order valence-electron chi connectivity index (χ1n) is 5.05. The second-order valence-electron chi connectivity index (χ2n) is 3.82. The van der Waals surface area contributed by atoms with Crippen LogP contribution in [0.5, 0.6) is 0 Å². The predicted molar refractivity (Wildman–Crippen MR) is 64.9 cm³/mol. The second kappa shape index (κ2) is 3.72. The van der Waals surface area contributed by atoms with E-state index >= 15 is 0 Å². The summed E-state index contributed by atoms with van der Waals surface area (Å²) in [7, 11) is 0. The third-order valence-corrected chi connectivity index (χ3v) is 4.20. The molecule has 0 aromatic carbocycles. The fraction of sp³-hybridized carbons (Fsp3) is 0.364. The Kier molecular flexibility index (Phi) is 2.37. The van der Waals surface area contributed by atoms with Crippen LogP contribution < -0.4 is 0 Å². The van der Waals surface area contributed by atoms with Crippen LogP contribution in [0.15, 0.2) is 24.5 Å². The summed E-state index contributed by atoms with van der Waals surface area (Å²) in [6.07, 6.45) is 5.12. The minimum Gasteiger partial charge on any atom is -0.302 e. The summed E-state index contributed by atoms with van der Waals surface area (Å²) in [4.78, 5) is 4.51. The summed E-state index contributed by atoms with van der Waals surface area (Å²) in [5.41, 5.74) is 1.13. The largest absolute Gasteiger partial charge is 0.302 e. The normalized spacial score (nSPS) is 21.3. The van der Waals surface area contributed by atoms with Gasteiger partial charge in [-0.1, -0.05) is 11.6 Å². The molecular formula is C11H11ClN2S. The van der Waals surface area contributed by atoms with Crippen molar-refractivity contribution in [2.45, 2.75) is 12.3 Å². The van der Waals surface area contributed by atoms with Crippen molar-refractivity contribution in [3.8, 4) is 0 Å². The highest BCUT2D eigenvalue weighted by molar-refractivity contribution is 7.99. The Morgan fingerprint density at radius 1 is 1.47 bits per heavy atom. The molecule has 1 atom stereocenters. The van der Waals surface area contributed by atoms with E-state index in [9.17, 15) is 0 Å². The average Bonchev–Trinajstić information content (AvgIpc) is 2.83. The summed E-state index contributed by atoms with van der Waals surface area (Å²) in [5.74, 6) is 4.19. The molecule has 1 fully saturated rings. The molecule has 3 heterocycles. The van der Waals surface area contributed by atoms with E-state index in [0.717, 1.165) is 16.4 Å². The molecule has 0 saturated carbocycles. The number of hydrogen-bond acceptors (Lipinski definition) is 2. The smallest absolute Gasteiger partial charge is 0.117 e. The Balaban J connectivity index is 2.13. The van der Waals surface area contributed by atoms with Crippen LogP contribution in [-0.4, -0.2) is 20.9 Å². The van der Waals surface area contributed by atoms with Crippen LogP contribution in [-0.2, 0) is 0 Å². The molecule has 15 heavy (non-hydrogen) atoms. The van der Waals surface area contributed by atoms with Crippen molar-refractivity contribution in [1.82, 2.24) is 9.38 Å². The number of hydrogen-bond donors (Lipinski definition) is 0. The molecule has 2 aromatic rings. The minimum absolute atomic E-state index is 0.593. The van der Waals surface area contributed by atoms with Gasteiger partial charge in [0.15, 0.2) is 0 Å². The number of imidazole rings is 1. The molecule has 0 bridgehead atoms. The van der Waals surface area contributed by atoms with Gasteiger partial charge in [-0.2, -0.15) is 11.8 Å². The van der Waals surface area contributed by atoms with E-state index in [4.69, 9.17) is 11.6 Å². The summed E-state index contributed by atoms with van der Waals surface area (Å²) in [6.45, 7) is 0. The zero-order valence-corrected chi connectivity index (χ0v) is 9.76. The van der Waals surface area contributed by atoms with Crippen LogP contribution in [0.4, 0.5) is 0 Å². The molecule has 3 rings (SSSR count). The van der Waals surface area contributed by atoms with Crippen molar-refractivity contribution in [3.63, 3.8) is 0 Å². The van der Waals surface area contributed by atoms with Gasteiger partial charge in [-0.3, -0.25) is 0 Å². The van der Waals surface area contributed by atoms with Crippen LogP contribution in [0.2, 0.25) is 5.02 Å². The Hall–Kier alpha value is -0.670. The topological polar surface area (TPSA) is 17.3 Å². The van der Waals surface area contributed by atoms with Gasteiger partial charge in [0.25, 0.3) is 0 Å². The van der Waals surface area contributed by atoms with Gasteiger partial charge in [0.2, 0.25) is 0 Å². The molecule has 0 N–H and O–H groups in total. The van der Waals surface area contributed by atoms with Crippen LogP contribution in [0.3, 0.4) is 0 Å². The van der Waals surface area contributed by atoms with Crippen LogP contribution in [0.1, 0.15) is 18.2 Å². The van der Waals surface area contributed by atoms with E-state index in [2.05, 4.69) is 9.38 Å². The summed E-state index contributed by atoms with van der Waals surface area (Å²) >= 11 is 8.01. The number of halogens is 1. The maximum Gasteiger partial charge on any atom is 0.117 e. The highest BCUT2D eigenvalue weighted by Gasteiger charge is 2.21. The SMILES string of the molecule is Clc1ccc2cnc(C3CCSC3)n2c1. The van der Waals surface area contributed by atoms with Crippen molar-refractivity contribution in [3.05, 3.63) is 35.4 Å².